The first kappa shape index (κ1) is 17.7. The Kier molecular flexibility index (Phi) is 4.94. The average Bonchev–Trinajstić information content (AvgIpc) is 3.01. The van der Waals surface area contributed by atoms with Crippen LogP contribution in [0.4, 0.5) is 0 Å². The topological polar surface area (TPSA) is 17.1 Å². The van der Waals surface area contributed by atoms with E-state index < -0.39 is 5.41 Å². The molecule has 0 aromatic heterocycles. The van der Waals surface area contributed by atoms with Crippen molar-refractivity contribution in [2.24, 2.45) is 0 Å². The van der Waals surface area contributed by atoms with Crippen LogP contribution in [0.2, 0.25) is 0 Å². The molecule has 0 N–H and O–H groups in total. The molecule has 1 heteroatoms. The molecule has 0 bridgehead atoms. The van der Waals surface area contributed by atoms with Gasteiger partial charge in [-0.15, -0.1) is 0 Å². The highest BCUT2D eigenvalue weighted by atomic mass is 16.1. The average molecular weight is 354 g/mol. The number of hydrogen-bond acceptors (Lipinski definition) is 1. The van der Waals surface area contributed by atoms with Crippen LogP contribution in [0.15, 0.2) is 78.9 Å². The van der Waals surface area contributed by atoms with E-state index in [0.717, 1.165) is 25.7 Å². The lowest BCUT2D eigenvalue weighted by molar-refractivity contribution is -0.123. The monoisotopic (exact) mass is 354 g/mol. The fraction of sp³-hybridized carbons (Fsp3) is 0.269. The quantitative estimate of drug-likeness (QED) is 0.483. The van der Waals surface area contributed by atoms with Gasteiger partial charge in [0.1, 0.15) is 5.78 Å². The highest BCUT2D eigenvalue weighted by Gasteiger charge is 2.47. The van der Waals surface area contributed by atoms with E-state index in [2.05, 4.69) is 85.8 Å². The Labute approximate surface area is 162 Å². The minimum atomic E-state index is -0.488. The van der Waals surface area contributed by atoms with Gasteiger partial charge in [0.2, 0.25) is 0 Å². The Bertz CT molecular complexity index is 894. The van der Waals surface area contributed by atoms with Crippen molar-refractivity contribution in [2.45, 2.75) is 44.4 Å². The number of carbonyl (C=O) groups excluding carboxylic acids is 1. The van der Waals surface area contributed by atoms with Gasteiger partial charge in [0, 0.05) is 6.42 Å². The van der Waals surface area contributed by atoms with Crippen molar-refractivity contribution in [3.63, 3.8) is 0 Å². The number of Topliss-reactive ketones (excluding diaryl/α,β-unsaturated/α-hetero) is 1. The summed E-state index contributed by atoms with van der Waals surface area (Å²) in [7, 11) is 0. The van der Waals surface area contributed by atoms with Crippen molar-refractivity contribution in [3.05, 3.63) is 95.6 Å². The number of rotatable bonds is 7. The van der Waals surface area contributed by atoms with E-state index in [1.54, 1.807) is 0 Å². The third-order valence-electron chi connectivity index (χ3n) is 5.88. The molecule has 1 nitrogen and oxygen atoms in total. The van der Waals surface area contributed by atoms with Gasteiger partial charge in [0.05, 0.1) is 5.41 Å². The van der Waals surface area contributed by atoms with Crippen molar-refractivity contribution in [1.29, 1.82) is 0 Å². The number of ketones is 1. The fourth-order valence-corrected chi connectivity index (χ4v) is 4.68. The Morgan fingerprint density at radius 1 is 0.778 bits per heavy atom. The van der Waals surface area contributed by atoms with Crippen LogP contribution in [0.3, 0.4) is 0 Å². The lowest BCUT2D eigenvalue weighted by atomic mass is 9.70. The maximum atomic E-state index is 13.5. The molecule has 3 aromatic rings. The zero-order valence-electron chi connectivity index (χ0n) is 15.9. The van der Waals surface area contributed by atoms with E-state index in [1.807, 2.05) is 0 Å². The van der Waals surface area contributed by atoms with Gasteiger partial charge in [0.15, 0.2) is 0 Å². The number of benzene rings is 3. The van der Waals surface area contributed by atoms with Crippen molar-refractivity contribution >= 4 is 5.78 Å². The molecule has 0 radical (unpaired) electrons. The van der Waals surface area contributed by atoms with Gasteiger partial charge in [-0.2, -0.15) is 0 Å². The Hall–Kier alpha value is -2.67. The van der Waals surface area contributed by atoms with Gasteiger partial charge in [-0.3, -0.25) is 4.79 Å². The van der Waals surface area contributed by atoms with E-state index in [0.29, 0.717) is 12.2 Å². The maximum absolute atomic E-state index is 13.5. The van der Waals surface area contributed by atoms with E-state index in [4.69, 9.17) is 0 Å². The minimum Gasteiger partial charge on any atom is -0.298 e. The zero-order valence-corrected chi connectivity index (χ0v) is 15.9. The molecule has 4 rings (SSSR count). The highest BCUT2D eigenvalue weighted by molar-refractivity contribution is 6.01. The summed E-state index contributed by atoms with van der Waals surface area (Å²) in [4.78, 5) is 13.5. The molecule has 0 saturated heterocycles. The van der Waals surface area contributed by atoms with E-state index in [9.17, 15) is 4.79 Å². The van der Waals surface area contributed by atoms with Gasteiger partial charge < -0.3 is 0 Å². The number of carbonyl (C=O) groups is 1. The summed E-state index contributed by atoms with van der Waals surface area (Å²) in [5.41, 5.74) is 5.73. The second kappa shape index (κ2) is 7.52. The molecule has 1 aliphatic carbocycles. The molecule has 136 valence electrons. The predicted octanol–water partition coefficient (Wildman–Crippen LogP) is 6.35. The number of hydrogen-bond donors (Lipinski definition) is 0. The summed E-state index contributed by atoms with van der Waals surface area (Å²) in [5.74, 6) is 0.371. The van der Waals surface area contributed by atoms with E-state index in [-0.39, 0.29) is 0 Å². The summed E-state index contributed by atoms with van der Waals surface area (Å²) in [5, 5.41) is 0. The van der Waals surface area contributed by atoms with Crippen LogP contribution in [0, 0.1) is 0 Å². The lowest BCUT2D eigenvalue weighted by Gasteiger charge is -2.31. The minimum absolute atomic E-state index is 0.371. The van der Waals surface area contributed by atoms with Crippen molar-refractivity contribution in [3.8, 4) is 11.1 Å². The molecule has 0 spiro atoms. The second-order valence-corrected chi connectivity index (χ2v) is 7.51. The fourth-order valence-electron chi connectivity index (χ4n) is 4.68. The molecule has 0 heterocycles. The van der Waals surface area contributed by atoms with Gasteiger partial charge >= 0.3 is 0 Å². The first-order valence-electron chi connectivity index (χ1n) is 10.0. The van der Waals surface area contributed by atoms with Crippen LogP contribution in [-0.2, 0) is 16.6 Å². The molecule has 27 heavy (non-hydrogen) atoms. The molecule has 0 fully saturated rings. The predicted molar refractivity (Wildman–Crippen MR) is 112 cm³/mol. The SMILES string of the molecule is CCCC(=O)C1(CCCc2ccccc2)c2ccccc2-c2ccccc21. The van der Waals surface area contributed by atoms with Gasteiger partial charge in [-0.1, -0.05) is 85.8 Å². The molecule has 0 saturated carbocycles. The van der Waals surface area contributed by atoms with Crippen molar-refractivity contribution in [2.75, 3.05) is 0 Å². The summed E-state index contributed by atoms with van der Waals surface area (Å²) < 4.78 is 0. The maximum Gasteiger partial charge on any atom is 0.147 e. The molecule has 0 unspecified atom stereocenters. The van der Waals surface area contributed by atoms with E-state index >= 15 is 0 Å². The first-order valence-corrected chi connectivity index (χ1v) is 10.0. The normalized spacial score (nSPS) is 13.8. The van der Waals surface area contributed by atoms with Crippen LogP contribution >= 0.6 is 0 Å². The van der Waals surface area contributed by atoms with Crippen molar-refractivity contribution < 1.29 is 4.79 Å². The molecule has 0 amide bonds. The summed E-state index contributed by atoms with van der Waals surface area (Å²) >= 11 is 0. The molecule has 1 aliphatic rings. The Morgan fingerprint density at radius 3 is 1.93 bits per heavy atom. The largest absolute Gasteiger partial charge is 0.298 e. The Balaban J connectivity index is 1.76. The highest BCUT2D eigenvalue weighted by Crippen LogP contribution is 2.52. The second-order valence-electron chi connectivity index (χ2n) is 7.51. The summed E-state index contributed by atoms with van der Waals surface area (Å²) in [6.45, 7) is 2.10. The third kappa shape index (κ3) is 3.02. The van der Waals surface area contributed by atoms with Crippen LogP contribution in [0.25, 0.3) is 11.1 Å². The van der Waals surface area contributed by atoms with E-state index in [1.165, 1.54) is 27.8 Å². The van der Waals surface area contributed by atoms with Crippen LogP contribution in [0.1, 0.15) is 49.3 Å². The summed E-state index contributed by atoms with van der Waals surface area (Å²) in [6, 6.07) is 27.6. The van der Waals surface area contributed by atoms with Gasteiger partial charge in [0.25, 0.3) is 0 Å². The van der Waals surface area contributed by atoms with Crippen LogP contribution < -0.4 is 0 Å². The molecular weight excluding hydrogens is 328 g/mol. The molecule has 0 atom stereocenters. The number of aryl methyl sites for hydroxylation is 1. The first-order chi connectivity index (χ1) is 13.3. The molecule has 0 aliphatic heterocycles. The standard InChI is InChI=1S/C26H26O/c1-2-11-25(27)26(19-10-14-20-12-4-3-5-13-20)23-17-8-6-15-21(23)22-16-7-9-18-24(22)26/h3-9,12-13,15-18H,2,10-11,14,19H2,1H3. The molecule has 3 aromatic carbocycles. The van der Waals surface area contributed by atoms with Crippen LogP contribution in [0.5, 0.6) is 0 Å². The van der Waals surface area contributed by atoms with Crippen LogP contribution in [-0.4, -0.2) is 5.78 Å². The summed E-state index contributed by atoms with van der Waals surface area (Å²) in [6.07, 6.45) is 4.40. The molecular formula is C26H26O. The Morgan fingerprint density at radius 2 is 1.33 bits per heavy atom. The lowest BCUT2D eigenvalue weighted by Crippen LogP contribution is -2.35. The van der Waals surface area contributed by atoms with Gasteiger partial charge in [-0.05, 0) is 53.5 Å². The van der Waals surface area contributed by atoms with Crippen molar-refractivity contribution in [1.82, 2.24) is 0 Å². The number of fused-ring (bicyclic) bond motifs is 3. The smallest absolute Gasteiger partial charge is 0.147 e. The third-order valence-corrected chi connectivity index (χ3v) is 5.88. The van der Waals surface area contributed by atoms with Gasteiger partial charge in [-0.25, -0.2) is 0 Å². The zero-order chi connectivity index (χ0) is 18.7.